The minimum absolute atomic E-state index is 0.500. The van der Waals surface area contributed by atoms with E-state index in [2.05, 4.69) is 24.8 Å². The number of nitrogens with one attached hydrogen (secondary N) is 1. The van der Waals surface area contributed by atoms with Crippen molar-refractivity contribution in [3.05, 3.63) is 36.7 Å². The summed E-state index contributed by atoms with van der Waals surface area (Å²) >= 11 is 1.32. The lowest BCUT2D eigenvalue weighted by Crippen LogP contribution is -2.02. The molecule has 0 atom stereocenters. The van der Waals surface area contributed by atoms with E-state index >= 15 is 0 Å². The fourth-order valence-electron chi connectivity index (χ4n) is 1.84. The predicted octanol–water partition coefficient (Wildman–Crippen LogP) is 1.53. The van der Waals surface area contributed by atoms with Gasteiger partial charge in [0.05, 0.1) is 12.1 Å². The number of anilines is 2. The number of nitrogens with zero attached hydrogens (tertiary/aromatic N) is 5. The highest BCUT2D eigenvalue weighted by Gasteiger charge is 2.14. The minimum Gasteiger partial charge on any atom is -0.382 e. The van der Waals surface area contributed by atoms with Gasteiger partial charge in [0.2, 0.25) is 0 Å². The van der Waals surface area contributed by atoms with E-state index in [1.807, 2.05) is 19.2 Å². The van der Waals surface area contributed by atoms with Gasteiger partial charge in [-0.3, -0.25) is 9.67 Å². The summed E-state index contributed by atoms with van der Waals surface area (Å²) in [4.78, 5) is 8.28. The summed E-state index contributed by atoms with van der Waals surface area (Å²) in [7, 11) is 1.84. The third-order valence-electron chi connectivity index (χ3n) is 2.72. The summed E-state index contributed by atoms with van der Waals surface area (Å²) in [5.41, 5.74) is 7.76. The second-order valence-corrected chi connectivity index (χ2v) is 4.98. The van der Waals surface area contributed by atoms with Crippen molar-refractivity contribution >= 4 is 22.4 Å². The molecule has 0 aliphatic rings. The summed E-state index contributed by atoms with van der Waals surface area (Å²) in [6, 6.07) is 3.83. The molecule has 0 saturated heterocycles. The van der Waals surface area contributed by atoms with Gasteiger partial charge in [-0.05, 0) is 17.6 Å². The molecule has 0 aromatic carbocycles. The van der Waals surface area contributed by atoms with E-state index < -0.39 is 0 Å². The Kier molecular flexibility index (Phi) is 3.30. The van der Waals surface area contributed by atoms with Gasteiger partial charge in [0.25, 0.3) is 0 Å². The quantitative estimate of drug-likeness (QED) is 0.755. The molecule has 0 radical (unpaired) electrons. The van der Waals surface area contributed by atoms with Crippen LogP contribution in [0.15, 0.2) is 30.9 Å². The summed E-state index contributed by atoms with van der Waals surface area (Å²) in [6.07, 6.45) is 5.16. The predicted molar refractivity (Wildman–Crippen MR) is 78.1 cm³/mol. The topological polar surface area (TPSA) is 94.5 Å². The highest BCUT2D eigenvalue weighted by atomic mass is 32.1. The normalized spacial score (nSPS) is 10.7. The van der Waals surface area contributed by atoms with Crippen LogP contribution in [0.5, 0.6) is 0 Å². The van der Waals surface area contributed by atoms with Crippen molar-refractivity contribution in [1.29, 1.82) is 0 Å². The Morgan fingerprint density at radius 1 is 1.45 bits per heavy atom. The molecule has 0 aliphatic carbocycles. The van der Waals surface area contributed by atoms with Gasteiger partial charge in [0.15, 0.2) is 5.82 Å². The molecule has 0 fully saturated rings. The molecule has 0 bridgehead atoms. The Balaban J connectivity index is 1.84. The second kappa shape index (κ2) is 5.25. The first-order valence-electron chi connectivity index (χ1n) is 5.98. The monoisotopic (exact) mass is 287 g/mol. The summed E-state index contributed by atoms with van der Waals surface area (Å²) in [5, 5.41) is 8.38. The van der Waals surface area contributed by atoms with E-state index in [0.717, 1.165) is 22.0 Å². The van der Waals surface area contributed by atoms with Crippen molar-refractivity contribution in [2.75, 3.05) is 11.1 Å². The standard InChI is InChI=1S/C12H13N7S/c1-19-7-16-9(17-19)6-15-12-10(11(13)18-20-12)8-3-2-4-14-5-8/h2-5,7,15H,6H2,1H3,(H2,13,18). The van der Waals surface area contributed by atoms with Crippen molar-refractivity contribution < 1.29 is 0 Å². The van der Waals surface area contributed by atoms with Crippen molar-refractivity contribution in [2.45, 2.75) is 6.54 Å². The number of hydrogen-bond acceptors (Lipinski definition) is 7. The fraction of sp³-hybridized carbons (Fsp3) is 0.167. The Hall–Kier alpha value is -2.48. The van der Waals surface area contributed by atoms with Crippen LogP contribution >= 0.6 is 11.5 Å². The van der Waals surface area contributed by atoms with E-state index in [0.29, 0.717) is 12.4 Å². The molecule has 0 aliphatic heterocycles. The Morgan fingerprint density at radius 2 is 2.35 bits per heavy atom. The van der Waals surface area contributed by atoms with E-state index in [9.17, 15) is 0 Å². The molecule has 3 heterocycles. The zero-order valence-corrected chi connectivity index (χ0v) is 11.6. The molecule has 0 unspecified atom stereocenters. The molecule has 8 heteroatoms. The Morgan fingerprint density at radius 3 is 3.05 bits per heavy atom. The maximum Gasteiger partial charge on any atom is 0.169 e. The molecule has 0 amide bonds. The first-order valence-corrected chi connectivity index (χ1v) is 6.75. The molecule has 3 aromatic rings. The number of aryl methyl sites for hydroxylation is 1. The van der Waals surface area contributed by atoms with Gasteiger partial charge in [-0.1, -0.05) is 6.07 Å². The van der Waals surface area contributed by atoms with E-state index in [-0.39, 0.29) is 0 Å². The molecule has 0 saturated carbocycles. The minimum atomic E-state index is 0.500. The van der Waals surface area contributed by atoms with Crippen molar-refractivity contribution in [1.82, 2.24) is 24.1 Å². The Bertz CT molecular complexity index is 704. The van der Waals surface area contributed by atoms with Gasteiger partial charge in [-0.2, -0.15) is 9.47 Å². The highest BCUT2D eigenvalue weighted by molar-refractivity contribution is 7.11. The number of nitrogens with two attached hydrogens (primary N) is 1. The molecular weight excluding hydrogens is 274 g/mol. The lowest BCUT2D eigenvalue weighted by atomic mass is 10.1. The number of nitrogen functional groups attached to an aromatic ring is 1. The smallest absolute Gasteiger partial charge is 0.169 e. The average Bonchev–Trinajstić information content (AvgIpc) is 3.03. The molecule has 7 nitrogen and oxygen atoms in total. The van der Waals surface area contributed by atoms with Gasteiger partial charge in [0, 0.05) is 25.0 Å². The van der Waals surface area contributed by atoms with Crippen LogP contribution in [0.3, 0.4) is 0 Å². The molecular formula is C12H13N7S. The second-order valence-electron chi connectivity index (χ2n) is 4.20. The van der Waals surface area contributed by atoms with Crippen molar-refractivity contribution in [3.63, 3.8) is 0 Å². The summed E-state index contributed by atoms with van der Waals surface area (Å²) < 4.78 is 5.86. The zero-order chi connectivity index (χ0) is 13.9. The molecule has 102 valence electrons. The Labute approximate surface area is 119 Å². The van der Waals surface area contributed by atoms with Crippen LogP contribution in [-0.4, -0.2) is 24.1 Å². The third kappa shape index (κ3) is 2.45. The van der Waals surface area contributed by atoms with Crippen molar-refractivity contribution in [2.24, 2.45) is 7.05 Å². The lowest BCUT2D eigenvalue weighted by molar-refractivity contribution is 0.747. The van der Waals surface area contributed by atoms with Crippen LogP contribution in [0.2, 0.25) is 0 Å². The van der Waals surface area contributed by atoms with Crippen LogP contribution < -0.4 is 11.1 Å². The number of hydrogen-bond donors (Lipinski definition) is 2. The number of pyridine rings is 1. The number of aromatic nitrogens is 5. The first kappa shape index (κ1) is 12.5. The van der Waals surface area contributed by atoms with Crippen LogP contribution in [-0.2, 0) is 13.6 Å². The zero-order valence-electron chi connectivity index (χ0n) is 10.8. The molecule has 20 heavy (non-hydrogen) atoms. The van der Waals surface area contributed by atoms with E-state index in [1.54, 1.807) is 23.4 Å². The first-order chi connectivity index (χ1) is 9.74. The van der Waals surface area contributed by atoms with Crippen LogP contribution in [0.1, 0.15) is 5.82 Å². The van der Waals surface area contributed by atoms with Crippen LogP contribution in [0.25, 0.3) is 11.1 Å². The van der Waals surface area contributed by atoms with Crippen LogP contribution in [0, 0.1) is 0 Å². The maximum atomic E-state index is 5.94. The number of rotatable bonds is 4. The van der Waals surface area contributed by atoms with Crippen LogP contribution in [0.4, 0.5) is 10.8 Å². The third-order valence-corrected chi connectivity index (χ3v) is 3.54. The molecule has 3 N–H and O–H groups in total. The summed E-state index contributed by atoms with van der Waals surface area (Å²) in [6.45, 7) is 0.524. The SMILES string of the molecule is Cn1cnc(CNc2snc(N)c2-c2cccnc2)n1. The lowest BCUT2D eigenvalue weighted by Gasteiger charge is -2.05. The molecule has 3 aromatic heterocycles. The molecule has 0 spiro atoms. The van der Waals surface area contributed by atoms with E-state index in [1.165, 1.54) is 11.5 Å². The molecule has 3 rings (SSSR count). The van der Waals surface area contributed by atoms with E-state index in [4.69, 9.17) is 5.73 Å². The highest BCUT2D eigenvalue weighted by Crippen LogP contribution is 2.36. The van der Waals surface area contributed by atoms with Gasteiger partial charge >= 0.3 is 0 Å². The maximum absolute atomic E-state index is 5.94. The van der Waals surface area contributed by atoms with Crippen molar-refractivity contribution in [3.8, 4) is 11.1 Å². The van der Waals surface area contributed by atoms with Gasteiger partial charge in [-0.25, -0.2) is 4.98 Å². The van der Waals surface area contributed by atoms with Gasteiger partial charge in [-0.15, -0.1) is 0 Å². The average molecular weight is 287 g/mol. The van der Waals surface area contributed by atoms with Gasteiger partial charge < -0.3 is 11.1 Å². The fourth-order valence-corrected chi connectivity index (χ4v) is 2.57. The van der Waals surface area contributed by atoms with Gasteiger partial charge in [0.1, 0.15) is 17.1 Å². The largest absolute Gasteiger partial charge is 0.382 e. The summed E-state index contributed by atoms with van der Waals surface area (Å²) in [5.74, 6) is 1.22.